The minimum atomic E-state index is -0.366. The highest BCUT2D eigenvalue weighted by Gasteiger charge is 2.37. The molecule has 2 amide bonds. The Morgan fingerprint density at radius 1 is 1.19 bits per heavy atom. The lowest BCUT2D eigenvalue weighted by Gasteiger charge is -2.42. The molecule has 0 unspecified atom stereocenters. The van der Waals surface area contributed by atoms with Crippen molar-refractivity contribution in [3.8, 4) is 0 Å². The van der Waals surface area contributed by atoms with Crippen LogP contribution in [0.1, 0.15) is 37.3 Å². The van der Waals surface area contributed by atoms with Crippen LogP contribution >= 0.6 is 11.3 Å². The summed E-state index contributed by atoms with van der Waals surface area (Å²) in [6, 6.07) is 10.1. The molecule has 1 aromatic carbocycles. The largest absolute Gasteiger partial charge is 0.347 e. The number of amides is 2. The molecule has 1 aromatic heterocycles. The number of carbonyl (C=O) groups excluding carboxylic acids is 2. The molecule has 8 heteroatoms. The van der Waals surface area contributed by atoms with Gasteiger partial charge in [0.2, 0.25) is 16.9 Å². The molecule has 1 aliphatic heterocycles. The van der Waals surface area contributed by atoms with Gasteiger partial charge in [0.25, 0.3) is 0 Å². The molecular formula is C19H25N5O2S. The van der Waals surface area contributed by atoms with E-state index in [0.29, 0.717) is 11.7 Å². The molecule has 2 heterocycles. The van der Waals surface area contributed by atoms with Crippen molar-refractivity contribution < 1.29 is 9.59 Å². The van der Waals surface area contributed by atoms with Crippen LogP contribution in [0.15, 0.2) is 30.3 Å². The van der Waals surface area contributed by atoms with E-state index >= 15 is 0 Å². The molecule has 144 valence electrons. The van der Waals surface area contributed by atoms with Crippen molar-refractivity contribution in [1.29, 1.82) is 0 Å². The minimum absolute atomic E-state index is 0.0342. The van der Waals surface area contributed by atoms with Gasteiger partial charge >= 0.3 is 0 Å². The fourth-order valence-corrected chi connectivity index (χ4v) is 4.18. The van der Waals surface area contributed by atoms with E-state index in [-0.39, 0.29) is 17.4 Å². The van der Waals surface area contributed by atoms with Crippen molar-refractivity contribution >= 4 is 28.3 Å². The second-order valence-corrected chi connectivity index (χ2v) is 7.87. The van der Waals surface area contributed by atoms with Crippen LogP contribution < -0.4 is 10.6 Å². The Hall–Kier alpha value is -2.32. The fraction of sp³-hybridized carbons (Fsp3) is 0.474. The first-order valence-electron chi connectivity index (χ1n) is 9.19. The molecule has 0 saturated carbocycles. The molecule has 2 N–H and O–H groups in total. The van der Waals surface area contributed by atoms with Crippen LogP contribution in [0.3, 0.4) is 0 Å². The molecule has 1 aliphatic rings. The number of hydrogen-bond donors (Lipinski definition) is 2. The van der Waals surface area contributed by atoms with Crippen molar-refractivity contribution in [1.82, 2.24) is 20.4 Å². The monoisotopic (exact) mass is 387 g/mol. The van der Waals surface area contributed by atoms with E-state index in [9.17, 15) is 9.59 Å². The molecular weight excluding hydrogens is 362 g/mol. The first-order chi connectivity index (χ1) is 13.0. The van der Waals surface area contributed by atoms with Crippen LogP contribution in [0.4, 0.5) is 5.13 Å². The molecule has 27 heavy (non-hydrogen) atoms. The first-order valence-corrected chi connectivity index (χ1v) is 10.0. The van der Waals surface area contributed by atoms with Gasteiger partial charge in [-0.25, -0.2) is 0 Å². The fourth-order valence-electron chi connectivity index (χ4n) is 3.48. The highest BCUT2D eigenvalue weighted by Crippen LogP contribution is 2.33. The number of benzene rings is 1. The number of nitrogens with zero attached hydrogens (tertiary/aromatic N) is 3. The number of likely N-dealkylation sites (tertiary alicyclic amines) is 1. The molecule has 7 nitrogen and oxygen atoms in total. The second kappa shape index (κ2) is 8.58. The molecule has 1 fully saturated rings. The number of hydrogen-bond acceptors (Lipinski definition) is 6. The van der Waals surface area contributed by atoms with E-state index in [1.807, 2.05) is 25.1 Å². The number of aryl methyl sites for hydroxylation is 1. The topological polar surface area (TPSA) is 87.2 Å². The van der Waals surface area contributed by atoms with Crippen LogP contribution in [0.2, 0.25) is 0 Å². The lowest BCUT2D eigenvalue weighted by Crippen LogP contribution is -2.53. The number of rotatable bonds is 6. The number of carbonyl (C=O) groups is 2. The quantitative estimate of drug-likeness (QED) is 0.793. The highest BCUT2D eigenvalue weighted by molar-refractivity contribution is 7.15. The summed E-state index contributed by atoms with van der Waals surface area (Å²) in [4.78, 5) is 26.2. The SMILES string of the molecule is CCc1nnc(NC(=O)CN2CCC(NC(C)=O)(c3ccccc3)CC2)s1. The summed E-state index contributed by atoms with van der Waals surface area (Å²) in [7, 11) is 0. The van der Waals surface area contributed by atoms with Crippen LogP contribution in [-0.2, 0) is 21.5 Å². The Morgan fingerprint density at radius 2 is 1.89 bits per heavy atom. The summed E-state index contributed by atoms with van der Waals surface area (Å²) < 4.78 is 0. The summed E-state index contributed by atoms with van der Waals surface area (Å²) in [5.41, 5.74) is 0.750. The van der Waals surface area contributed by atoms with E-state index in [2.05, 4.69) is 37.9 Å². The lowest BCUT2D eigenvalue weighted by atomic mass is 9.80. The van der Waals surface area contributed by atoms with Crippen molar-refractivity contribution in [2.75, 3.05) is 25.0 Å². The van der Waals surface area contributed by atoms with Crippen LogP contribution in [0, 0.1) is 0 Å². The average molecular weight is 388 g/mol. The molecule has 0 spiro atoms. The van der Waals surface area contributed by atoms with Crippen LogP contribution in [-0.4, -0.2) is 46.5 Å². The third kappa shape index (κ3) is 4.90. The van der Waals surface area contributed by atoms with Gasteiger partial charge in [0.15, 0.2) is 0 Å². The van der Waals surface area contributed by atoms with Gasteiger partial charge < -0.3 is 5.32 Å². The van der Waals surface area contributed by atoms with Gasteiger partial charge in [-0.05, 0) is 24.8 Å². The van der Waals surface area contributed by atoms with E-state index in [0.717, 1.165) is 42.9 Å². The molecule has 1 saturated heterocycles. The zero-order chi connectivity index (χ0) is 19.3. The first kappa shape index (κ1) is 19.4. The number of nitrogens with one attached hydrogen (secondary N) is 2. The Kier molecular flexibility index (Phi) is 6.18. The summed E-state index contributed by atoms with van der Waals surface area (Å²) in [6.45, 7) is 5.34. The van der Waals surface area contributed by atoms with Gasteiger partial charge in [0, 0.05) is 20.0 Å². The van der Waals surface area contributed by atoms with Crippen LogP contribution in [0.5, 0.6) is 0 Å². The maximum atomic E-state index is 12.3. The maximum absolute atomic E-state index is 12.3. The Labute approximate surface area is 163 Å². The molecule has 2 aromatic rings. The lowest BCUT2D eigenvalue weighted by molar-refractivity contribution is -0.122. The zero-order valence-electron chi connectivity index (χ0n) is 15.7. The third-order valence-corrected chi connectivity index (χ3v) is 5.82. The molecule has 0 aliphatic carbocycles. The number of piperidine rings is 1. The highest BCUT2D eigenvalue weighted by atomic mass is 32.1. The Bertz CT molecular complexity index is 784. The number of anilines is 1. The Balaban J connectivity index is 1.59. The summed E-state index contributed by atoms with van der Waals surface area (Å²) in [5, 5.41) is 15.4. The number of aromatic nitrogens is 2. The van der Waals surface area contributed by atoms with Gasteiger partial charge in [0.05, 0.1) is 12.1 Å². The summed E-state index contributed by atoms with van der Waals surface area (Å²) in [6.07, 6.45) is 2.34. The van der Waals surface area contributed by atoms with E-state index in [1.165, 1.54) is 11.3 Å². The van der Waals surface area contributed by atoms with Gasteiger partial charge in [-0.1, -0.05) is 48.6 Å². The molecule has 0 radical (unpaired) electrons. The van der Waals surface area contributed by atoms with Crippen molar-refractivity contribution in [3.05, 3.63) is 40.9 Å². The standard InChI is InChI=1S/C19H25N5O2S/c1-3-17-22-23-18(27-17)20-16(26)13-24-11-9-19(10-12-24,21-14(2)25)15-7-5-4-6-8-15/h4-8H,3,9-13H2,1-2H3,(H,21,25)(H,20,23,26). The molecule has 3 rings (SSSR count). The van der Waals surface area contributed by atoms with Gasteiger partial charge in [-0.3, -0.25) is 19.8 Å². The second-order valence-electron chi connectivity index (χ2n) is 6.81. The van der Waals surface area contributed by atoms with E-state index < -0.39 is 0 Å². The average Bonchev–Trinajstić information content (AvgIpc) is 3.11. The van der Waals surface area contributed by atoms with E-state index in [4.69, 9.17) is 0 Å². The van der Waals surface area contributed by atoms with E-state index in [1.54, 1.807) is 6.92 Å². The predicted octanol–water partition coefficient (Wildman–Crippen LogP) is 2.17. The molecule has 0 atom stereocenters. The summed E-state index contributed by atoms with van der Waals surface area (Å²) in [5.74, 6) is -0.117. The smallest absolute Gasteiger partial charge is 0.240 e. The zero-order valence-corrected chi connectivity index (χ0v) is 16.5. The summed E-state index contributed by atoms with van der Waals surface area (Å²) >= 11 is 1.41. The van der Waals surface area contributed by atoms with Crippen molar-refractivity contribution in [2.45, 2.75) is 38.6 Å². The third-order valence-electron chi connectivity index (χ3n) is 4.83. The van der Waals surface area contributed by atoms with Gasteiger partial charge in [0.1, 0.15) is 5.01 Å². The van der Waals surface area contributed by atoms with Crippen molar-refractivity contribution in [3.63, 3.8) is 0 Å². The van der Waals surface area contributed by atoms with Gasteiger partial charge in [-0.15, -0.1) is 10.2 Å². The van der Waals surface area contributed by atoms with Crippen molar-refractivity contribution in [2.24, 2.45) is 0 Å². The predicted molar refractivity (Wildman–Crippen MR) is 106 cm³/mol. The normalized spacial score (nSPS) is 16.7. The maximum Gasteiger partial charge on any atom is 0.240 e. The Morgan fingerprint density at radius 3 is 2.48 bits per heavy atom. The molecule has 0 bridgehead atoms. The van der Waals surface area contributed by atoms with Gasteiger partial charge in [-0.2, -0.15) is 0 Å². The minimum Gasteiger partial charge on any atom is -0.347 e. The van der Waals surface area contributed by atoms with Crippen LogP contribution in [0.25, 0.3) is 0 Å².